The average molecular weight is 322 g/mol. The molecule has 0 bridgehead atoms. The van der Waals surface area contributed by atoms with Gasteiger partial charge in [0.1, 0.15) is 0 Å². The first-order valence-electron chi connectivity index (χ1n) is 7.71. The number of carbonyl (C=O) groups excluding carboxylic acids is 1. The number of methoxy groups -OCH3 is 1. The standard InChI is InChI=1S/C17H20F2N2O2/c1-23-11-13-10-21(7-6-17(13,18)19)16(22)8-12-9-20-15-5-3-2-4-14(12)15/h2-5,9,13,20H,6-8,10-11H2,1H3. The van der Waals surface area contributed by atoms with Crippen LogP contribution in [-0.2, 0) is 16.0 Å². The van der Waals surface area contributed by atoms with E-state index in [1.165, 1.54) is 12.0 Å². The summed E-state index contributed by atoms with van der Waals surface area (Å²) in [5.74, 6) is -3.83. The summed E-state index contributed by atoms with van der Waals surface area (Å²) in [5.41, 5.74) is 1.86. The minimum atomic E-state index is -2.77. The van der Waals surface area contributed by atoms with E-state index < -0.39 is 11.8 Å². The maximum Gasteiger partial charge on any atom is 0.256 e. The highest BCUT2D eigenvalue weighted by Gasteiger charge is 2.44. The third-order valence-corrected chi connectivity index (χ3v) is 4.49. The summed E-state index contributed by atoms with van der Waals surface area (Å²) < 4.78 is 32.6. The Morgan fingerprint density at radius 3 is 3.00 bits per heavy atom. The van der Waals surface area contributed by atoms with Gasteiger partial charge in [0.2, 0.25) is 5.91 Å². The van der Waals surface area contributed by atoms with Crippen molar-refractivity contribution in [1.82, 2.24) is 9.88 Å². The predicted molar refractivity (Wildman–Crippen MR) is 83.5 cm³/mol. The first-order valence-corrected chi connectivity index (χ1v) is 7.71. The van der Waals surface area contributed by atoms with Crippen LogP contribution in [-0.4, -0.2) is 48.5 Å². The number of benzene rings is 1. The fourth-order valence-electron chi connectivity index (χ4n) is 3.13. The first kappa shape index (κ1) is 15.9. The Labute approximate surface area is 133 Å². The van der Waals surface area contributed by atoms with Gasteiger partial charge in [-0.2, -0.15) is 0 Å². The molecule has 1 atom stereocenters. The number of rotatable bonds is 4. The first-order chi connectivity index (χ1) is 11.0. The number of fused-ring (bicyclic) bond motifs is 1. The number of nitrogens with one attached hydrogen (secondary N) is 1. The molecule has 1 fully saturated rings. The van der Waals surface area contributed by atoms with Crippen LogP contribution in [0.2, 0.25) is 0 Å². The number of para-hydroxylation sites is 1. The molecule has 0 spiro atoms. The highest BCUT2D eigenvalue weighted by molar-refractivity contribution is 5.88. The van der Waals surface area contributed by atoms with E-state index in [-0.39, 0.29) is 38.4 Å². The Morgan fingerprint density at radius 2 is 2.22 bits per heavy atom. The van der Waals surface area contributed by atoms with Crippen molar-refractivity contribution in [2.24, 2.45) is 5.92 Å². The van der Waals surface area contributed by atoms with Gasteiger partial charge in [0, 0.05) is 43.7 Å². The van der Waals surface area contributed by atoms with E-state index in [0.717, 1.165) is 16.5 Å². The largest absolute Gasteiger partial charge is 0.384 e. The van der Waals surface area contributed by atoms with E-state index >= 15 is 0 Å². The normalized spacial score (nSPS) is 20.8. The second-order valence-electron chi connectivity index (χ2n) is 6.04. The molecule has 1 unspecified atom stereocenters. The quantitative estimate of drug-likeness (QED) is 0.941. The Morgan fingerprint density at radius 1 is 1.43 bits per heavy atom. The van der Waals surface area contributed by atoms with Crippen molar-refractivity contribution < 1.29 is 18.3 Å². The number of hydrogen-bond acceptors (Lipinski definition) is 2. The Balaban J connectivity index is 1.71. The van der Waals surface area contributed by atoms with E-state index in [0.29, 0.717) is 0 Å². The van der Waals surface area contributed by atoms with Crippen molar-refractivity contribution in [2.75, 3.05) is 26.8 Å². The van der Waals surface area contributed by atoms with Gasteiger partial charge in [-0.3, -0.25) is 4.79 Å². The zero-order chi connectivity index (χ0) is 16.4. The lowest BCUT2D eigenvalue weighted by atomic mass is 9.93. The van der Waals surface area contributed by atoms with Gasteiger partial charge in [0.25, 0.3) is 5.92 Å². The number of likely N-dealkylation sites (tertiary alicyclic amines) is 1. The molecule has 0 radical (unpaired) electrons. The minimum absolute atomic E-state index is 0.0378. The molecule has 1 saturated heterocycles. The zero-order valence-corrected chi connectivity index (χ0v) is 13.0. The van der Waals surface area contributed by atoms with E-state index in [1.54, 1.807) is 0 Å². The second-order valence-corrected chi connectivity index (χ2v) is 6.04. The monoisotopic (exact) mass is 322 g/mol. The minimum Gasteiger partial charge on any atom is -0.384 e. The van der Waals surface area contributed by atoms with Crippen molar-refractivity contribution >= 4 is 16.8 Å². The van der Waals surface area contributed by atoms with Gasteiger partial charge in [0.05, 0.1) is 18.9 Å². The number of H-pyrrole nitrogens is 1. The molecule has 0 saturated carbocycles. The highest BCUT2D eigenvalue weighted by Crippen LogP contribution is 2.34. The van der Waals surface area contributed by atoms with E-state index in [9.17, 15) is 13.6 Å². The summed E-state index contributed by atoms with van der Waals surface area (Å²) in [6, 6.07) is 7.73. The van der Waals surface area contributed by atoms with Gasteiger partial charge >= 0.3 is 0 Å². The molecule has 1 N–H and O–H groups in total. The molecule has 1 aromatic carbocycles. The Kier molecular flexibility index (Phi) is 4.35. The average Bonchev–Trinajstić information content (AvgIpc) is 2.93. The summed E-state index contributed by atoms with van der Waals surface area (Å²) in [5, 5.41) is 0.997. The lowest BCUT2D eigenvalue weighted by Crippen LogP contribution is -2.51. The molecule has 0 aliphatic carbocycles. The van der Waals surface area contributed by atoms with E-state index in [4.69, 9.17) is 4.74 Å². The lowest BCUT2D eigenvalue weighted by molar-refractivity contribution is -0.150. The fraction of sp³-hybridized carbons (Fsp3) is 0.471. The molecule has 1 aliphatic rings. The maximum atomic E-state index is 13.9. The SMILES string of the molecule is COCC1CN(C(=O)Cc2c[nH]c3ccccc23)CCC1(F)F. The number of ether oxygens (including phenoxy) is 1. The highest BCUT2D eigenvalue weighted by atomic mass is 19.3. The topological polar surface area (TPSA) is 45.3 Å². The summed E-state index contributed by atoms with van der Waals surface area (Å²) in [7, 11) is 1.41. The van der Waals surface area contributed by atoms with Crippen LogP contribution in [0.4, 0.5) is 8.78 Å². The number of piperidine rings is 1. The number of alkyl halides is 2. The van der Waals surface area contributed by atoms with Crippen molar-refractivity contribution in [3.8, 4) is 0 Å². The number of aromatic amines is 1. The smallest absolute Gasteiger partial charge is 0.256 e. The molecular formula is C17H20F2N2O2. The van der Waals surface area contributed by atoms with Gasteiger partial charge in [-0.25, -0.2) is 8.78 Å². The molecule has 6 heteroatoms. The number of nitrogens with zero attached hydrogens (tertiary/aromatic N) is 1. The third-order valence-electron chi connectivity index (χ3n) is 4.49. The number of carbonyl (C=O) groups is 1. The van der Waals surface area contributed by atoms with Crippen molar-refractivity contribution in [1.29, 1.82) is 0 Å². The van der Waals surface area contributed by atoms with Crippen LogP contribution >= 0.6 is 0 Å². The molecule has 2 aromatic rings. The predicted octanol–water partition coefficient (Wildman–Crippen LogP) is 2.84. The van der Waals surface area contributed by atoms with Crippen LogP contribution < -0.4 is 0 Å². The zero-order valence-electron chi connectivity index (χ0n) is 13.0. The molecule has 124 valence electrons. The molecule has 1 amide bonds. The second kappa shape index (κ2) is 6.28. The van der Waals surface area contributed by atoms with Gasteiger partial charge in [-0.1, -0.05) is 18.2 Å². The van der Waals surface area contributed by atoms with Crippen molar-refractivity contribution in [3.63, 3.8) is 0 Å². The maximum absolute atomic E-state index is 13.9. The summed E-state index contributed by atoms with van der Waals surface area (Å²) in [4.78, 5) is 17.2. The number of hydrogen-bond donors (Lipinski definition) is 1. The van der Waals surface area contributed by atoms with Crippen molar-refractivity contribution in [2.45, 2.75) is 18.8 Å². The van der Waals surface area contributed by atoms with Gasteiger partial charge in [-0.15, -0.1) is 0 Å². The number of aromatic nitrogens is 1. The van der Waals surface area contributed by atoms with Crippen LogP contribution in [0.1, 0.15) is 12.0 Å². The Hall–Kier alpha value is -1.95. The van der Waals surface area contributed by atoms with Crippen LogP contribution in [0, 0.1) is 5.92 Å². The molecule has 23 heavy (non-hydrogen) atoms. The summed E-state index contributed by atoms with van der Waals surface area (Å²) in [6.07, 6.45) is 1.73. The number of amides is 1. The summed E-state index contributed by atoms with van der Waals surface area (Å²) in [6.45, 7) is 0.0975. The fourth-order valence-corrected chi connectivity index (χ4v) is 3.13. The van der Waals surface area contributed by atoms with Crippen LogP contribution in [0.3, 0.4) is 0 Å². The number of halogens is 2. The van der Waals surface area contributed by atoms with E-state index in [2.05, 4.69) is 4.98 Å². The molecule has 3 rings (SSSR count). The lowest BCUT2D eigenvalue weighted by Gasteiger charge is -2.38. The molecule has 1 aromatic heterocycles. The van der Waals surface area contributed by atoms with Crippen LogP contribution in [0.25, 0.3) is 10.9 Å². The van der Waals surface area contributed by atoms with Gasteiger partial charge in [0.15, 0.2) is 0 Å². The molecule has 4 nitrogen and oxygen atoms in total. The third kappa shape index (κ3) is 3.22. The van der Waals surface area contributed by atoms with Crippen LogP contribution in [0.5, 0.6) is 0 Å². The molecular weight excluding hydrogens is 302 g/mol. The van der Waals surface area contributed by atoms with Gasteiger partial charge in [-0.05, 0) is 11.6 Å². The van der Waals surface area contributed by atoms with Crippen molar-refractivity contribution in [3.05, 3.63) is 36.0 Å². The van der Waals surface area contributed by atoms with Crippen LogP contribution in [0.15, 0.2) is 30.5 Å². The van der Waals surface area contributed by atoms with Gasteiger partial charge < -0.3 is 14.6 Å². The Bertz CT molecular complexity index is 699. The molecule has 1 aliphatic heterocycles. The molecule has 2 heterocycles. The van der Waals surface area contributed by atoms with E-state index in [1.807, 2.05) is 30.5 Å². The summed E-state index contributed by atoms with van der Waals surface area (Å²) >= 11 is 0.